The van der Waals surface area contributed by atoms with Crippen molar-refractivity contribution in [3.8, 4) is 5.75 Å². The number of aliphatic imine (C=N–C) groups is 1. The molecule has 1 saturated heterocycles. The number of hydrogen-bond donors (Lipinski definition) is 2. The van der Waals surface area contributed by atoms with E-state index in [1.165, 1.54) is 5.56 Å². The topological polar surface area (TPSA) is 83.0 Å². The van der Waals surface area contributed by atoms with Crippen LogP contribution in [-0.4, -0.2) is 63.3 Å². The highest BCUT2D eigenvalue weighted by atomic mass is 127. The number of nitrogens with zero attached hydrogens (tertiary/aromatic N) is 2. The zero-order valence-corrected chi connectivity index (χ0v) is 21.5. The Balaban J connectivity index is 0.00000450. The number of sulfonamides is 1. The molecule has 0 aliphatic carbocycles. The summed E-state index contributed by atoms with van der Waals surface area (Å²) in [6.07, 6.45) is 3.42. The molecule has 2 rings (SSSR count). The van der Waals surface area contributed by atoms with Crippen LogP contribution in [0.4, 0.5) is 0 Å². The normalized spacial score (nSPS) is 16.0. The van der Waals surface area contributed by atoms with Crippen LogP contribution in [0.1, 0.15) is 45.6 Å². The van der Waals surface area contributed by atoms with Crippen LogP contribution < -0.4 is 15.4 Å². The third-order valence-corrected chi connectivity index (χ3v) is 6.82. The lowest BCUT2D eigenvalue weighted by atomic mass is 10.1. The predicted molar refractivity (Wildman–Crippen MR) is 135 cm³/mol. The van der Waals surface area contributed by atoms with Crippen molar-refractivity contribution in [1.82, 2.24) is 14.9 Å². The third-order valence-electron chi connectivity index (χ3n) is 4.94. The number of nitrogens with one attached hydrogen (secondary N) is 2. The molecule has 1 aliphatic rings. The van der Waals surface area contributed by atoms with Crippen LogP contribution in [0.15, 0.2) is 29.3 Å². The SMILES string of the molecule is CCCOc1cccc(CCN=C(NCC)NC2CCN(S(=O)(=O)CC)CC2)c1.I. The highest BCUT2D eigenvalue weighted by molar-refractivity contribution is 14.0. The first-order valence-electron chi connectivity index (χ1n) is 10.7. The summed E-state index contributed by atoms with van der Waals surface area (Å²) in [7, 11) is -3.09. The van der Waals surface area contributed by atoms with Gasteiger partial charge < -0.3 is 15.4 Å². The van der Waals surface area contributed by atoms with Gasteiger partial charge in [-0.15, -0.1) is 24.0 Å². The molecule has 0 spiro atoms. The van der Waals surface area contributed by atoms with E-state index in [1.807, 2.05) is 19.1 Å². The van der Waals surface area contributed by atoms with Crippen molar-refractivity contribution in [2.45, 2.75) is 52.5 Å². The van der Waals surface area contributed by atoms with Crippen LogP contribution in [-0.2, 0) is 16.4 Å². The molecule has 1 aromatic carbocycles. The maximum atomic E-state index is 12.0. The molecule has 1 aromatic rings. The second-order valence-corrected chi connectivity index (χ2v) is 9.48. The smallest absolute Gasteiger partial charge is 0.213 e. The number of rotatable bonds is 10. The molecule has 9 heteroatoms. The zero-order valence-electron chi connectivity index (χ0n) is 18.4. The van der Waals surface area contributed by atoms with E-state index in [9.17, 15) is 8.42 Å². The summed E-state index contributed by atoms with van der Waals surface area (Å²) >= 11 is 0. The van der Waals surface area contributed by atoms with Gasteiger partial charge in [-0.1, -0.05) is 19.1 Å². The number of hydrogen-bond acceptors (Lipinski definition) is 4. The Bertz CT molecular complexity index is 750. The van der Waals surface area contributed by atoms with Crippen molar-refractivity contribution in [3.05, 3.63) is 29.8 Å². The number of ether oxygens (including phenoxy) is 1. The van der Waals surface area contributed by atoms with Gasteiger partial charge in [-0.05, 0) is 57.2 Å². The van der Waals surface area contributed by atoms with E-state index < -0.39 is 10.0 Å². The Labute approximate surface area is 199 Å². The first-order valence-corrected chi connectivity index (χ1v) is 12.3. The van der Waals surface area contributed by atoms with Crippen molar-refractivity contribution in [2.75, 3.05) is 38.5 Å². The molecule has 1 aliphatic heterocycles. The van der Waals surface area contributed by atoms with E-state index in [0.717, 1.165) is 50.5 Å². The van der Waals surface area contributed by atoms with Crippen LogP contribution >= 0.6 is 24.0 Å². The molecule has 1 heterocycles. The van der Waals surface area contributed by atoms with Gasteiger partial charge in [0.2, 0.25) is 10.0 Å². The Kier molecular flexibility index (Phi) is 12.7. The van der Waals surface area contributed by atoms with Crippen LogP contribution in [0.5, 0.6) is 5.75 Å². The van der Waals surface area contributed by atoms with E-state index in [0.29, 0.717) is 19.6 Å². The van der Waals surface area contributed by atoms with Crippen LogP contribution in [0.3, 0.4) is 0 Å². The van der Waals surface area contributed by atoms with Gasteiger partial charge in [0.05, 0.1) is 12.4 Å². The van der Waals surface area contributed by atoms with Gasteiger partial charge in [0, 0.05) is 32.2 Å². The van der Waals surface area contributed by atoms with Crippen molar-refractivity contribution in [1.29, 1.82) is 0 Å². The molecular weight excluding hydrogens is 515 g/mol. The minimum absolute atomic E-state index is 0. The van der Waals surface area contributed by atoms with Crippen molar-refractivity contribution in [3.63, 3.8) is 0 Å². The van der Waals surface area contributed by atoms with Crippen LogP contribution in [0.25, 0.3) is 0 Å². The molecule has 7 nitrogen and oxygen atoms in total. The largest absolute Gasteiger partial charge is 0.494 e. The molecule has 0 radical (unpaired) electrons. The average molecular weight is 553 g/mol. The fourth-order valence-electron chi connectivity index (χ4n) is 3.28. The third kappa shape index (κ3) is 8.97. The van der Waals surface area contributed by atoms with E-state index in [2.05, 4.69) is 29.7 Å². The Morgan fingerprint density at radius 2 is 1.97 bits per heavy atom. The van der Waals surface area contributed by atoms with Crippen LogP contribution in [0, 0.1) is 0 Å². The minimum Gasteiger partial charge on any atom is -0.494 e. The lowest BCUT2D eigenvalue weighted by molar-refractivity contribution is 0.306. The highest BCUT2D eigenvalue weighted by Crippen LogP contribution is 2.15. The van der Waals surface area contributed by atoms with E-state index in [4.69, 9.17) is 9.73 Å². The molecule has 30 heavy (non-hydrogen) atoms. The fourth-order valence-corrected chi connectivity index (χ4v) is 4.41. The fraction of sp³-hybridized carbons (Fsp3) is 0.667. The van der Waals surface area contributed by atoms with Crippen molar-refractivity contribution >= 4 is 40.0 Å². The molecule has 0 aromatic heterocycles. The summed E-state index contributed by atoms with van der Waals surface area (Å²) in [5.74, 6) is 1.87. The summed E-state index contributed by atoms with van der Waals surface area (Å²) in [4.78, 5) is 4.70. The molecule has 172 valence electrons. The zero-order chi connectivity index (χ0) is 21.1. The quantitative estimate of drug-likeness (QED) is 0.265. The molecule has 0 saturated carbocycles. The first-order chi connectivity index (χ1) is 14.0. The van der Waals surface area contributed by atoms with Crippen LogP contribution in [0.2, 0.25) is 0 Å². The Hall–Kier alpha value is -1.07. The number of benzene rings is 1. The molecule has 0 atom stereocenters. The highest BCUT2D eigenvalue weighted by Gasteiger charge is 2.26. The van der Waals surface area contributed by atoms with Gasteiger partial charge >= 0.3 is 0 Å². The first kappa shape index (κ1) is 27.0. The molecule has 0 unspecified atom stereocenters. The van der Waals surface area contributed by atoms with Crippen molar-refractivity contribution in [2.24, 2.45) is 4.99 Å². The standard InChI is InChI=1S/C21H36N4O3S.HI/c1-4-16-28-20-9-7-8-18(17-20)10-13-23-21(22-5-2)24-19-11-14-25(15-12-19)29(26,27)6-3;/h7-9,17,19H,4-6,10-16H2,1-3H3,(H2,22,23,24);1H. The number of piperidine rings is 1. The second-order valence-electron chi connectivity index (χ2n) is 7.22. The monoisotopic (exact) mass is 552 g/mol. The summed E-state index contributed by atoms with van der Waals surface area (Å²) in [6, 6.07) is 8.42. The van der Waals surface area contributed by atoms with Gasteiger partial charge in [0.25, 0.3) is 0 Å². The molecular formula is C21H37IN4O3S. The summed E-state index contributed by atoms with van der Waals surface area (Å²) in [5.41, 5.74) is 1.20. The minimum atomic E-state index is -3.09. The molecule has 0 bridgehead atoms. The van der Waals surface area contributed by atoms with E-state index >= 15 is 0 Å². The summed E-state index contributed by atoms with van der Waals surface area (Å²) in [5, 5.41) is 6.76. The van der Waals surface area contributed by atoms with Gasteiger partial charge in [0.1, 0.15) is 5.75 Å². The Morgan fingerprint density at radius 3 is 2.60 bits per heavy atom. The molecule has 2 N–H and O–H groups in total. The second kappa shape index (κ2) is 14.1. The number of guanidine groups is 1. The van der Waals surface area contributed by atoms with E-state index in [-0.39, 0.29) is 35.8 Å². The maximum Gasteiger partial charge on any atom is 0.213 e. The van der Waals surface area contributed by atoms with Gasteiger partial charge in [0.15, 0.2) is 5.96 Å². The summed E-state index contributed by atoms with van der Waals surface area (Å²) < 4.78 is 31.3. The van der Waals surface area contributed by atoms with Gasteiger partial charge in [-0.25, -0.2) is 12.7 Å². The number of halogens is 1. The lowest BCUT2D eigenvalue weighted by Gasteiger charge is -2.32. The molecule has 1 fully saturated rings. The Morgan fingerprint density at radius 1 is 1.23 bits per heavy atom. The van der Waals surface area contributed by atoms with E-state index in [1.54, 1.807) is 11.2 Å². The summed E-state index contributed by atoms with van der Waals surface area (Å²) in [6.45, 7) is 9.17. The molecule has 0 amide bonds. The van der Waals surface area contributed by atoms with Gasteiger partial charge in [-0.2, -0.15) is 0 Å². The maximum absolute atomic E-state index is 12.0. The lowest BCUT2D eigenvalue weighted by Crippen LogP contribution is -2.50. The van der Waals surface area contributed by atoms with Crippen molar-refractivity contribution < 1.29 is 13.2 Å². The average Bonchev–Trinajstić information content (AvgIpc) is 2.73. The predicted octanol–water partition coefficient (Wildman–Crippen LogP) is 3.01. The van der Waals surface area contributed by atoms with Gasteiger partial charge in [-0.3, -0.25) is 4.99 Å².